The van der Waals surface area contributed by atoms with Crippen LogP contribution in [0.1, 0.15) is 20.3 Å². The highest BCUT2D eigenvalue weighted by Crippen LogP contribution is 2.00. The van der Waals surface area contributed by atoms with Gasteiger partial charge in [-0.05, 0) is 26.1 Å². The smallest absolute Gasteiger partial charge is 0.0263 e. The largest absolute Gasteiger partial charge is 0.273 e. The highest BCUT2D eigenvalue weighted by atomic mass is 14.6. The van der Waals surface area contributed by atoms with E-state index in [1.807, 2.05) is 13.0 Å². The maximum Gasteiger partial charge on any atom is 0.0263 e. The summed E-state index contributed by atoms with van der Waals surface area (Å²) < 4.78 is 0. The Morgan fingerprint density at radius 1 is 1.67 bits per heavy atom. The zero-order valence-electron chi connectivity index (χ0n) is 6.09. The number of aliphatic imine (C=N–C) groups is 1. The van der Waals surface area contributed by atoms with E-state index in [1.165, 1.54) is 5.57 Å². The molecule has 0 aromatic heterocycles. The molecule has 0 bridgehead atoms. The molecule has 0 aliphatic carbocycles. The van der Waals surface area contributed by atoms with Crippen LogP contribution in [-0.2, 0) is 0 Å². The Balaban J connectivity index is 3.84. The summed E-state index contributed by atoms with van der Waals surface area (Å²) >= 11 is 0. The van der Waals surface area contributed by atoms with E-state index in [4.69, 9.17) is 0 Å². The minimum Gasteiger partial charge on any atom is -0.273 e. The third kappa shape index (κ3) is 3.71. The van der Waals surface area contributed by atoms with Crippen molar-refractivity contribution in [3.63, 3.8) is 0 Å². The van der Waals surface area contributed by atoms with Crippen LogP contribution in [0.25, 0.3) is 0 Å². The highest BCUT2D eigenvalue weighted by Gasteiger charge is 1.80. The summed E-state index contributed by atoms with van der Waals surface area (Å²) in [7, 11) is 0. The van der Waals surface area contributed by atoms with Gasteiger partial charge in [0.25, 0.3) is 0 Å². The van der Waals surface area contributed by atoms with Crippen LogP contribution in [0.2, 0.25) is 0 Å². The minimum absolute atomic E-state index is 1.06. The van der Waals surface area contributed by atoms with Gasteiger partial charge in [0.1, 0.15) is 0 Å². The summed E-state index contributed by atoms with van der Waals surface area (Å²) in [5, 5.41) is 0. The van der Waals surface area contributed by atoms with Crippen molar-refractivity contribution in [2.75, 3.05) is 0 Å². The average molecular weight is 123 g/mol. The molecule has 0 aliphatic rings. The normalized spacial score (nSPS) is 12.4. The van der Waals surface area contributed by atoms with E-state index in [2.05, 4.69) is 24.7 Å². The van der Waals surface area contributed by atoms with Crippen molar-refractivity contribution in [2.45, 2.75) is 20.3 Å². The first-order valence-corrected chi connectivity index (χ1v) is 3.12. The van der Waals surface area contributed by atoms with Gasteiger partial charge in [0, 0.05) is 6.20 Å². The Hall–Kier alpha value is -0.850. The van der Waals surface area contributed by atoms with Crippen LogP contribution in [0.3, 0.4) is 0 Å². The number of allylic oxidation sites excluding steroid dienone is 3. The third-order valence-electron chi connectivity index (χ3n) is 1.17. The Morgan fingerprint density at radius 2 is 2.33 bits per heavy atom. The Labute approximate surface area is 56.8 Å². The standard InChI is InChI=1S/C8H13N/c1-4-8(5-2)6-7-9-3/h4,6-7H,3,5H2,1-2H3/b7-6-,8-4-. The predicted octanol–water partition coefficient (Wildman–Crippen LogP) is 2.56. The van der Waals surface area contributed by atoms with Crippen LogP contribution < -0.4 is 0 Å². The third-order valence-corrected chi connectivity index (χ3v) is 1.17. The van der Waals surface area contributed by atoms with Crippen molar-refractivity contribution in [3.8, 4) is 0 Å². The van der Waals surface area contributed by atoms with Crippen molar-refractivity contribution >= 4 is 6.72 Å². The van der Waals surface area contributed by atoms with Gasteiger partial charge in [-0.1, -0.05) is 18.6 Å². The van der Waals surface area contributed by atoms with Crippen molar-refractivity contribution in [1.82, 2.24) is 0 Å². The molecule has 1 heteroatoms. The van der Waals surface area contributed by atoms with Crippen LogP contribution in [0.15, 0.2) is 28.9 Å². The summed E-state index contributed by atoms with van der Waals surface area (Å²) in [4.78, 5) is 3.60. The van der Waals surface area contributed by atoms with Crippen molar-refractivity contribution in [1.29, 1.82) is 0 Å². The fourth-order valence-corrected chi connectivity index (χ4v) is 0.567. The van der Waals surface area contributed by atoms with Gasteiger partial charge < -0.3 is 0 Å². The summed E-state index contributed by atoms with van der Waals surface area (Å²) in [5.74, 6) is 0. The minimum atomic E-state index is 1.06. The molecule has 0 aromatic carbocycles. The molecule has 0 radical (unpaired) electrons. The Morgan fingerprint density at radius 3 is 2.67 bits per heavy atom. The molecule has 1 nitrogen and oxygen atoms in total. The van der Waals surface area contributed by atoms with E-state index >= 15 is 0 Å². The van der Waals surface area contributed by atoms with Crippen LogP contribution in [0.4, 0.5) is 0 Å². The number of nitrogens with zero attached hydrogens (tertiary/aromatic N) is 1. The van der Waals surface area contributed by atoms with Crippen LogP contribution in [0, 0.1) is 0 Å². The molecule has 0 heterocycles. The van der Waals surface area contributed by atoms with Gasteiger partial charge in [-0.25, -0.2) is 0 Å². The lowest BCUT2D eigenvalue weighted by atomic mass is 10.2. The van der Waals surface area contributed by atoms with Crippen LogP contribution in [0.5, 0.6) is 0 Å². The van der Waals surface area contributed by atoms with Gasteiger partial charge in [-0.2, -0.15) is 0 Å². The summed E-state index contributed by atoms with van der Waals surface area (Å²) in [6.45, 7) is 7.47. The zero-order valence-corrected chi connectivity index (χ0v) is 6.09. The molecule has 0 amide bonds. The van der Waals surface area contributed by atoms with Crippen molar-refractivity contribution in [2.24, 2.45) is 4.99 Å². The molecule has 0 rings (SSSR count). The van der Waals surface area contributed by atoms with Gasteiger partial charge in [0.2, 0.25) is 0 Å². The molecule has 0 aliphatic heterocycles. The molecule has 50 valence electrons. The molecule has 0 fully saturated rings. The fourth-order valence-electron chi connectivity index (χ4n) is 0.567. The lowest BCUT2D eigenvalue weighted by Crippen LogP contribution is -1.70. The number of hydrogen-bond donors (Lipinski definition) is 0. The van der Waals surface area contributed by atoms with Crippen molar-refractivity contribution < 1.29 is 0 Å². The maximum atomic E-state index is 3.60. The SMILES string of the molecule is C=N/C=C\C(=C/C)CC. The first-order valence-electron chi connectivity index (χ1n) is 3.12. The first kappa shape index (κ1) is 8.15. The molecule has 0 saturated carbocycles. The molecule has 0 saturated heterocycles. The number of rotatable bonds is 3. The fraction of sp³-hybridized carbons (Fsp3) is 0.375. The molecule has 0 unspecified atom stereocenters. The van der Waals surface area contributed by atoms with E-state index in [9.17, 15) is 0 Å². The Kier molecular flexibility index (Phi) is 4.79. The molecular formula is C8H13N. The average Bonchev–Trinajstić information content (AvgIpc) is 1.91. The van der Waals surface area contributed by atoms with E-state index in [-0.39, 0.29) is 0 Å². The van der Waals surface area contributed by atoms with Gasteiger partial charge in [-0.15, -0.1) is 0 Å². The summed E-state index contributed by atoms with van der Waals surface area (Å²) in [6, 6.07) is 0. The second kappa shape index (κ2) is 5.29. The zero-order chi connectivity index (χ0) is 7.11. The van der Waals surface area contributed by atoms with Crippen molar-refractivity contribution in [3.05, 3.63) is 23.9 Å². The topological polar surface area (TPSA) is 12.4 Å². The van der Waals surface area contributed by atoms with E-state index in [1.54, 1.807) is 6.20 Å². The lowest BCUT2D eigenvalue weighted by molar-refractivity contribution is 1.14. The van der Waals surface area contributed by atoms with Crippen LogP contribution >= 0.6 is 0 Å². The second-order valence-corrected chi connectivity index (χ2v) is 1.72. The van der Waals surface area contributed by atoms with Crippen LogP contribution in [-0.4, -0.2) is 6.72 Å². The summed E-state index contributed by atoms with van der Waals surface area (Å²) in [6.07, 6.45) is 6.80. The lowest BCUT2D eigenvalue weighted by Gasteiger charge is -1.90. The maximum absolute atomic E-state index is 3.60. The Bertz CT molecular complexity index is 132. The van der Waals surface area contributed by atoms with Gasteiger partial charge in [-0.3, -0.25) is 4.99 Å². The molecule has 0 atom stereocenters. The van der Waals surface area contributed by atoms with E-state index in [0.29, 0.717) is 0 Å². The van der Waals surface area contributed by atoms with Gasteiger partial charge in [0.15, 0.2) is 0 Å². The quantitative estimate of drug-likeness (QED) is 0.404. The second-order valence-electron chi connectivity index (χ2n) is 1.72. The van der Waals surface area contributed by atoms with Gasteiger partial charge in [0.05, 0.1) is 0 Å². The molecular weight excluding hydrogens is 110 g/mol. The molecule has 0 N–H and O–H groups in total. The number of hydrogen-bond acceptors (Lipinski definition) is 1. The monoisotopic (exact) mass is 123 g/mol. The molecule has 0 spiro atoms. The van der Waals surface area contributed by atoms with Gasteiger partial charge >= 0.3 is 0 Å². The highest BCUT2D eigenvalue weighted by molar-refractivity contribution is 5.27. The van der Waals surface area contributed by atoms with E-state index < -0.39 is 0 Å². The van der Waals surface area contributed by atoms with E-state index in [0.717, 1.165) is 6.42 Å². The molecule has 9 heavy (non-hydrogen) atoms. The summed E-state index contributed by atoms with van der Waals surface area (Å²) in [5.41, 5.74) is 1.29. The molecule has 0 aromatic rings. The first-order chi connectivity index (χ1) is 4.35. The predicted molar refractivity (Wildman–Crippen MR) is 42.7 cm³/mol.